The number of aryl methyl sites for hydroxylation is 2. The summed E-state index contributed by atoms with van der Waals surface area (Å²) < 4.78 is 5.19. The normalized spacial score (nSPS) is 21.3. The van der Waals surface area contributed by atoms with Crippen LogP contribution in [-0.2, 0) is 14.4 Å². The fraction of sp³-hybridized carbons (Fsp3) is 0.524. The number of carbonyl (C=O) groups is 2. The van der Waals surface area contributed by atoms with E-state index in [-0.39, 0.29) is 0 Å². The van der Waals surface area contributed by atoms with E-state index in [0.717, 1.165) is 22.3 Å². The standard InChI is InChI=1S/C21H27ClN2O5/c1-13-9-15(22)10-14(2)17(13)16-11-23-21(5-7-24(28-4)8-6-21)18(16)20(3,12-25)29-19(26)27/h9-10,12,23H,5-8,11H2,1-4H3,(H,26,27). The van der Waals surface area contributed by atoms with Gasteiger partial charge in [0.05, 0.1) is 7.11 Å². The number of aldehydes is 1. The van der Waals surface area contributed by atoms with Crippen LogP contribution in [0.2, 0.25) is 5.02 Å². The molecule has 3 rings (SSSR count). The Hall–Kier alpha value is -1.93. The molecule has 1 spiro atoms. The molecule has 158 valence electrons. The molecule has 1 aromatic rings. The summed E-state index contributed by atoms with van der Waals surface area (Å²) in [6, 6.07) is 3.76. The number of nitrogens with zero attached hydrogens (tertiary/aromatic N) is 1. The van der Waals surface area contributed by atoms with Gasteiger partial charge in [-0.2, -0.15) is 5.06 Å². The van der Waals surface area contributed by atoms with Crippen LogP contribution in [0.5, 0.6) is 0 Å². The second-order valence-corrected chi connectivity index (χ2v) is 8.34. The summed E-state index contributed by atoms with van der Waals surface area (Å²) in [5, 5.41) is 15.4. The van der Waals surface area contributed by atoms with Gasteiger partial charge >= 0.3 is 6.16 Å². The highest BCUT2D eigenvalue weighted by molar-refractivity contribution is 6.30. The molecule has 0 amide bonds. The van der Waals surface area contributed by atoms with Gasteiger partial charge in [0.1, 0.15) is 0 Å². The predicted octanol–water partition coefficient (Wildman–Crippen LogP) is 3.36. The SMILES string of the molecule is CON1CCC2(CC1)NCC(c1c(C)cc(Cl)cc1C)=C2C(C)(C=O)OC(=O)O. The first-order valence-corrected chi connectivity index (χ1v) is 9.97. The largest absolute Gasteiger partial charge is 0.507 e. The maximum atomic E-state index is 12.2. The number of nitrogens with one attached hydrogen (secondary N) is 1. The van der Waals surface area contributed by atoms with Crippen LogP contribution < -0.4 is 5.32 Å². The van der Waals surface area contributed by atoms with Crippen molar-refractivity contribution in [2.45, 2.75) is 44.8 Å². The lowest BCUT2D eigenvalue weighted by Gasteiger charge is -2.44. The highest BCUT2D eigenvalue weighted by Gasteiger charge is 2.52. The molecule has 0 bridgehead atoms. The molecule has 0 aliphatic carbocycles. The molecule has 2 heterocycles. The summed E-state index contributed by atoms with van der Waals surface area (Å²) in [6.45, 7) is 7.28. The molecule has 2 aliphatic heterocycles. The fourth-order valence-electron chi connectivity index (χ4n) is 4.89. The number of hydrogen-bond acceptors (Lipinski definition) is 6. The van der Waals surface area contributed by atoms with Gasteiger partial charge in [0.15, 0.2) is 11.9 Å². The van der Waals surface area contributed by atoms with Crippen LogP contribution in [0.4, 0.5) is 4.79 Å². The van der Waals surface area contributed by atoms with Crippen molar-refractivity contribution >= 4 is 29.6 Å². The Morgan fingerprint density at radius 1 is 1.31 bits per heavy atom. The van der Waals surface area contributed by atoms with E-state index < -0.39 is 17.3 Å². The average Bonchev–Trinajstić information content (AvgIpc) is 3.00. The average molecular weight is 423 g/mol. The number of carboxylic acid groups (broad SMARTS) is 1. The molecule has 1 unspecified atom stereocenters. The highest BCUT2D eigenvalue weighted by Crippen LogP contribution is 2.46. The summed E-state index contributed by atoms with van der Waals surface area (Å²) in [6.07, 6.45) is 0.441. The molecule has 0 radical (unpaired) electrons. The van der Waals surface area contributed by atoms with Gasteiger partial charge in [0.2, 0.25) is 0 Å². The number of hydrogen-bond donors (Lipinski definition) is 2. The van der Waals surface area contributed by atoms with Crippen molar-refractivity contribution < 1.29 is 24.3 Å². The smallest absolute Gasteiger partial charge is 0.450 e. The van der Waals surface area contributed by atoms with E-state index >= 15 is 0 Å². The maximum Gasteiger partial charge on any atom is 0.507 e. The predicted molar refractivity (Wildman–Crippen MR) is 110 cm³/mol. The summed E-state index contributed by atoms with van der Waals surface area (Å²) in [5.74, 6) is 0. The lowest BCUT2D eigenvalue weighted by Crippen LogP contribution is -2.56. The molecule has 2 N–H and O–H groups in total. The summed E-state index contributed by atoms with van der Waals surface area (Å²) in [5.41, 5.74) is 2.36. The minimum Gasteiger partial charge on any atom is -0.450 e. The number of rotatable bonds is 5. The topological polar surface area (TPSA) is 88.1 Å². The van der Waals surface area contributed by atoms with E-state index in [1.165, 1.54) is 6.92 Å². The van der Waals surface area contributed by atoms with Gasteiger partial charge in [0, 0.05) is 35.8 Å². The van der Waals surface area contributed by atoms with Crippen molar-refractivity contribution in [2.24, 2.45) is 0 Å². The van der Waals surface area contributed by atoms with Crippen molar-refractivity contribution in [3.05, 3.63) is 39.4 Å². The van der Waals surface area contributed by atoms with E-state index in [0.29, 0.717) is 49.4 Å². The van der Waals surface area contributed by atoms with Gasteiger partial charge in [-0.15, -0.1) is 0 Å². The van der Waals surface area contributed by atoms with E-state index in [1.54, 1.807) is 7.11 Å². The molecule has 7 nitrogen and oxygen atoms in total. The quantitative estimate of drug-likeness (QED) is 0.555. The Morgan fingerprint density at radius 2 is 1.90 bits per heavy atom. The van der Waals surface area contributed by atoms with E-state index in [2.05, 4.69) is 5.32 Å². The zero-order valence-electron chi connectivity index (χ0n) is 17.2. The number of halogens is 1. The number of benzene rings is 1. The second kappa shape index (κ2) is 8.07. The molecule has 1 saturated heterocycles. The van der Waals surface area contributed by atoms with Gasteiger partial charge in [-0.25, -0.2) is 4.79 Å². The Balaban J connectivity index is 2.22. The fourth-order valence-corrected chi connectivity index (χ4v) is 5.22. The van der Waals surface area contributed by atoms with Crippen molar-refractivity contribution in [3.63, 3.8) is 0 Å². The molecule has 2 aliphatic rings. The molecular weight excluding hydrogens is 396 g/mol. The monoisotopic (exact) mass is 422 g/mol. The minimum atomic E-state index is -1.60. The molecule has 1 fully saturated rings. The van der Waals surface area contributed by atoms with Gasteiger partial charge in [-0.1, -0.05) is 11.6 Å². The number of ether oxygens (including phenoxy) is 1. The van der Waals surface area contributed by atoms with E-state index in [1.807, 2.05) is 31.0 Å². The van der Waals surface area contributed by atoms with Gasteiger partial charge in [0.25, 0.3) is 0 Å². The van der Waals surface area contributed by atoms with E-state index in [4.69, 9.17) is 21.2 Å². The third kappa shape index (κ3) is 3.92. The number of hydroxylamine groups is 2. The second-order valence-electron chi connectivity index (χ2n) is 7.91. The van der Waals surface area contributed by atoms with Crippen LogP contribution >= 0.6 is 11.6 Å². The van der Waals surface area contributed by atoms with Gasteiger partial charge in [-0.05, 0) is 68.0 Å². The van der Waals surface area contributed by atoms with Crippen molar-refractivity contribution in [2.75, 3.05) is 26.7 Å². The maximum absolute atomic E-state index is 12.2. The van der Waals surface area contributed by atoms with E-state index in [9.17, 15) is 14.7 Å². The first-order chi connectivity index (χ1) is 13.7. The van der Waals surface area contributed by atoms with Crippen LogP contribution in [0, 0.1) is 13.8 Å². The van der Waals surface area contributed by atoms with Crippen molar-refractivity contribution in [3.8, 4) is 0 Å². The molecule has 8 heteroatoms. The first-order valence-electron chi connectivity index (χ1n) is 9.59. The Bertz CT molecular complexity index is 838. The number of piperidine rings is 1. The van der Waals surface area contributed by atoms with Crippen LogP contribution in [-0.4, -0.2) is 60.5 Å². The number of carbonyl (C=O) groups excluding carboxylic acids is 1. The molecule has 0 saturated carbocycles. The lowest BCUT2D eigenvalue weighted by molar-refractivity contribution is -0.151. The summed E-state index contributed by atoms with van der Waals surface area (Å²) in [7, 11) is 1.63. The zero-order chi connectivity index (χ0) is 21.4. The zero-order valence-corrected chi connectivity index (χ0v) is 17.9. The molecule has 0 aromatic heterocycles. The summed E-state index contributed by atoms with van der Waals surface area (Å²) in [4.78, 5) is 29.0. The Kier molecular flexibility index (Phi) is 6.06. The Morgan fingerprint density at radius 3 is 2.38 bits per heavy atom. The third-order valence-electron chi connectivity index (χ3n) is 6.04. The third-order valence-corrected chi connectivity index (χ3v) is 6.26. The highest BCUT2D eigenvalue weighted by atomic mass is 35.5. The molecular formula is C21H27ClN2O5. The molecule has 29 heavy (non-hydrogen) atoms. The van der Waals surface area contributed by atoms with Crippen LogP contribution in [0.15, 0.2) is 17.7 Å². The van der Waals surface area contributed by atoms with Crippen molar-refractivity contribution in [1.82, 2.24) is 10.4 Å². The van der Waals surface area contributed by atoms with Crippen molar-refractivity contribution in [1.29, 1.82) is 0 Å². The lowest BCUT2D eigenvalue weighted by atomic mass is 9.73. The van der Waals surface area contributed by atoms with Crippen LogP contribution in [0.25, 0.3) is 5.57 Å². The molecule has 1 atom stereocenters. The minimum absolute atomic E-state index is 0.512. The molecule has 1 aromatic carbocycles. The van der Waals surface area contributed by atoms with Crippen LogP contribution in [0.1, 0.15) is 36.5 Å². The van der Waals surface area contributed by atoms with Gasteiger partial charge in [-0.3, -0.25) is 4.79 Å². The van der Waals surface area contributed by atoms with Crippen LogP contribution in [0.3, 0.4) is 0 Å². The first kappa shape index (κ1) is 21.8. The van der Waals surface area contributed by atoms with Gasteiger partial charge < -0.3 is 20.0 Å². The summed E-state index contributed by atoms with van der Waals surface area (Å²) >= 11 is 6.22. The Labute approximate surface area is 175 Å².